The topological polar surface area (TPSA) is 3.24 Å². The fourth-order valence-electron chi connectivity index (χ4n) is 0.972. The Kier molecular flexibility index (Phi) is 5.70. The van der Waals surface area contributed by atoms with E-state index in [2.05, 4.69) is 32.7 Å². The second-order valence-electron chi connectivity index (χ2n) is 3.49. The van der Waals surface area contributed by atoms with Gasteiger partial charge < -0.3 is 4.90 Å². The van der Waals surface area contributed by atoms with Gasteiger partial charge in [-0.3, -0.25) is 0 Å². The average molecular weight is 143 g/mol. The zero-order valence-corrected chi connectivity index (χ0v) is 7.85. The van der Waals surface area contributed by atoms with E-state index in [1.165, 1.54) is 25.9 Å². The molecule has 1 nitrogen and oxygen atoms in total. The molecule has 0 aliphatic carbocycles. The van der Waals surface area contributed by atoms with Crippen LogP contribution in [0.3, 0.4) is 0 Å². The van der Waals surface area contributed by atoms with Crippen LogP contribution < -0.4 is 0 Å². The van der Waals surface area contributed by atoms with Crippen LogP contribution in [0.4, 0.5) is 0 Å². The van der Waals surface area contributed by atoms with Gasteiger partial charge in [0, 0.05) is 0 Å². The zero-order chi connectivity index (χ0) is 7.98. The molecule has 0 aromatic heterocycles. The first kappa shape index (κ1) is 9.96. The third kappa shape index (κ3) is 6.09. The van der Waals surface area contributed by atoms with Gasteiger partial charge in [0.05, 0.1) is 0 Å². The van der Waals surface area contributed by atoms with Crippen molar-refractivity contribution in [3.8, 4) is 0 Å². The van der Waals surface area contributed by atoms with Gasteiger partial charge in [0.2, 0.25) is 0 Å². The van der Waals surface area contributed by atoms with Gasteiger partial charge in [-0.1, -0.05) is 20.8 Å². The van der Waals surface area contributed by atoms with Gasteiger partial charge >= 0.3 is 0 Å². The lowest BCUT2D eigenvalue weighted by atomic mass is 10.1. The molecule has 0 bridgehead atoms. The molecule has 0 heterocycles. The summed E-state index contributed by atoms with van der Waals surface area (Å²) in [7, 11) is 2.20. The van der Waals surface area contributed by atoms with Gasteiger partial charge in [-0.2, -0.15) is 0 Å². The van der Waals surface area contributed by atoms with E-state index in [-0.39, 0.29) is 0 Å². The summed E-state index contributed by atoms with van der Waals surface area (Å²) in [6.07, 6.45) is 2.60. The number of nitrogens with zero attached hydrogens (tertiary/aromatic N) is 1. The number of hydrogen-bond acceptors (Lipinski definition) is 1. The maximum absolute atomic E-state index is 2.40. The van der Waals surface area contributed by atoms with Crippen LogP contribution in [-0.4, -0.2) is 25.0 Å². The molecule has 0 aliphatic rings. The Hall–Kier alpha value is -0.0400. The van der Waals surface area contributed by atoms with Gasteiger partial charge in [-0.15, -0.1) is 0 Å². The second-order valence-corrected chi connectivity index (χ2v) is 3.49. The molecule has 0 unspecified atom stereocenters. The molecule has 0 spiro atoms. The maximum atomic E-state index is 2.40. The Labute approximate surface area is 65.4 Å². The van der Waals surface area contributed by atoms with E-state index >= 15 is 0 Å². The van der Waals surface area contributed by atoms with E-state index in [0.29, 0.717) is 0 Å². The molecule has 0 aromatic carbocycles. The molecule has 0 atom stereocenters. The van der Waals surface area contributed by atoms with Gasteiger partial charge in [0.25, 0.3) is 0 Å². The van der Waals surface area contributed by atoms with Crippen LogP contribution in [0.2, 0.25) is 0 Å². The summed E-state index contributed by atoms with van der Waals surface area (Å²) < 4.78 is 0. The van der Waals surface area contributed by atoms with Crippen molar-refractivity contribution in [1.29, 1.82) is 0 Å². The first-order chi connectivity index (χ1) is 4.66. The zero-order valence-electron chi connectivity index (χ0n) is 7.85. The second kappa shape index (κ2) is 5.72. The van der Waals surface area contributed by atoms with E-state index in [1.807, 2.05) is 0 Å². The normalized spacial score (nSPS) is 11.4. The number of hydrogen-bond donors (Lipinski definition) is 0. The molecule has 0 radical (unpaired) electrons. The third-order valence-corrected chi connectivity index (χ3v) is 1.69. The molecule has 0 saturated heterocycles. The van der Waals surface area contributed by atoms with Crippen LogP contribution in [0.1, 0.15) is 33.6 Å². The summed E-state index contributed by atoms with van der Waals surface area (Å²) in [6, 6.07) is 0. The van der Waals surface area contributed by atoms with Gasteiger partial charge in [0.1, 0.15) is 0 Å². The first-order valence-electron chi connectivity index (χ1n) is 4.35. The smallest absolute Gasteiger partial charge is 0.00194 e. The molecule has 10 heavy (non-hydrogen) atoms. The lowest BCUT2D eigenvalue weighted by Gasteiger charge is -2.16. The molecule has 0 N–H and O–H groups in total. The number of rotatable bonds is 5. The molecule has 0 fully saturated rings. The molecular formula is C9H21N. The fraction of sp³-hybridized carbons (Fsp3) is 1.00. The molecule has 0 amide bonds. The quantitative estimate of drug-likeness (QED) is 0.571. The van der Waals surface area contributed by atoms with Crippen LogP contribution in [0.5, 0.6) is 0 Å². The highest BCUT2D eigenvalue weighted by Crippen LogP contribution is 2.00. The molecule has 62 valence electrons. The lowest BCUT2D eigenvalue weighted by molar-refractivity contribution is 0.311. The highest BCUT2D eigenvalue weighted by molar-refractivity contribution is 4.52. The van der Waals surface area contributed by atoms with Crippen LogP contribution in [-0.2, 0) is 0 Å². The summed E-state index contributed by atoms with van der Waals surface area (Å²) in [4.78, 5) is 2.40. The van der Waals surface area contributed by atoms with Gasteiger partial charge in [0.15, 0.2) is 0 Å². The molecule has 1 heteroatoms. The largest absolute Gasteiger partial charge is 0.306 e. The van der Waals surface area contributed by atoms with Gasteiger partial charge in [-0.05, 0) is 38.9 Å². The molecule has 0 rings (SSSR count). The third-order valence-electron chi connectivity index (χ3n) is 1.69. The van der Waals surface area contributed by atoms with Crippen molar-refractivity contribution in [2.24, 2.45) is 5.92 Å². The molecule has 0 saturated carbocycles. The van der Waals surface area contributed by atoms with Crippen LogP contribution in [0.15, 0.2) is 0 Å². The first-order valence-corrected chi connectivity index (χ1v) is 4.35. The lowest BCUT2D eigenvalue weighted by Crippen LogP contribution is -2.21. The van der Waals surface area contributed by atoms with Crippen molar-refractivity contribution in [2.45, 2.75) is 33.6 Å². The maximum Gasteiger partial charge on any atom is -0.00194 e. The van der Waals surface area contributed by atoms with Crippen molar-refractivity contribution in [3.63, 3.8) is 0 Å². The van der Waals surface area contributed by atoms with E-state index in [1.54, 1.807) is 0 Å². The molecule has 0 aromatic rings. The van der Waals surface area contributed by atoms with E-state index < -0.39 is 0 Å². The minimum atomic E-state index is 0.847. The Balaban J connectivity index is 3.12. The van der Waals surface area contributed by atoms with Gasteiger partial charge in [-0.25, -0.2) is 0 Å². The summed E-state index contributed by atoms with van der Waals surface area (Å²) >= 11 is 0. The predicted molar refractivity (Wildman–Crippen MR) is 47.2 cm³/mol. The Morgan fingerprint density at radius 3 is 2.20 bits per heavy atom. The standard InChI is InChI=1S/C9H21N/c1-5-7-10(4)8-6-9(2)3/h9H,5-8H2,1-4H3. The minimum Gasteiger partial charge on any atom is -0.306 e. The van der Waals surface area contributed by atoms with E-state index in [9.17, 15) is 0 Å². The highest BCUT2D eigenvalue weighted by Gasteiger charge is 1.97. The van der Waals surface area contributed by atoms with Crippen molar-refractivity contribution in [1.82, 2.24) is 4.90 Å². The highest BCUT2D eigenvalue weighted by atomic mass is 15.1. The van der Waals surface area contributed by atoms with Crippen LogP contribution >= 0.6 is 0 Å². The van der Waals surface area contributed by atoms with Crippen LogP contribution in [0.25, 0.3) is 0 Å². The Bertz CT molecular complexity index is 69.1. The van der Waals surface area contributed by atoms with E-state index in [4.69, 9.17) is 0 Å². The monoisotopic (exact) mass is 143 g/mol. The minimum absolute atomic E-state index is 0.847. The van der Waals surface area contributed by atoms with Crippen LogP contribution in [0, 0.1) is 5.92 Å². The van der Waals surface area contributed by atoms with Crippen molar-refractivity contribution >= 4 is 0 Å². The summed E-state index contributed by atoms with van der Waals surface area (Å²) in [5.74, 6) is 0.847. The van der Waals surface area contributed by atoms with Crippen molar-refractivity contribution in [3.05, 3.63) is 0 Å². The Morgan fingerprint density at radius 1 is 1.20 bits per heavy atom. The average Bonchev–Trinajstić information content (AvgIpc) is 1.85. The van der Waals surface area contributed by atoms with E-state index in [0.717, 1.165) is 5.92 Å². The fourth-order valence-corrected chi connectivity index (χ4v) is 0.972. The summed E-state index contributed by atoms with van der Waals surface area (Å²) in [6.45, 7) is 9.28. The Morgan fingerprint density at radius 2 is 1.80 bits per heavy atom. The summed E-state index contributed by atoms with van der Waals surface area (Å²) in [5, 5.41) is 0. The SMILES string of the molecule is CCCN(C)CCC(C)C. The van der Waals surface area contributed by atoms with Crippen molar-refractivity contribution in [2.75, 3.05) is 20.1 Å². The van der Waals surface area contributed by atoms with Crippen molar-refractivity contribution < 1.29 is 0 Å². The predicted octanol–water partition coefficient (Wildman–Crippen LogP) is 2.37. The summed E-state index contributed by atoms with van der Waals surface area (Å²) in [5.41, 5.74) is 0. The molecule has 0 aliphatic heterocycles. The molecular weight excluding hydrogens is 122 g/mol.